The van der Waals surface area contributed by atoms with E-state index >= 15 is 0 Å². The molecule has 7 saturated heterocycles. The summed E-state index contributed by atoms with van der Waals surface area (Å²) in [6.07, 6.45) is 18.3. The zero-order valence-corrected chi connectivity index (χ0v) is 46.5. The lowest BCUT2D eigenvalue weighted by atomic mass is 9.97. The highest BCUT2D eigenvalue weighted by Crippen LogP contribution is 2.39. The van der Waals surface area contributed by atoms with E-state index in [1.807, 2.05) is 23.5 Å². The fourth-order valence-electron chi connectivity index (χ4n) is 11.9. The summed E-state index contributed by atoms with van der Waals surface area (Å²) >= 11 is 3.79. The van der Waals surface area contributed by atoms with Crippen LogP contribution in [0.15, 0.2) is 0 Å². The first kappa shape index (κ1) is 57.4. The number of nitrogens with one attached hydrogen (secondary N) is 8. The van der Waals surface area contributed by atoms with Gasteiger partial charge in [-0.15, -0.1) is 0 Å². The van der Waals surface area contributed by atoms with Crippen LogP contribution in [0.3, 0.4) is 0 Å². The predicted octanol–water partition coefficient (Wildman–Crippen LogP) is 3.41. The summed E-state index contributed by atoms with van der Waals surface area (Å²) in [4.78, 5) is 108. The lowest BCUT2D eigenvalue weighted by Gasteiger charge is -2.36. The van der Waals surface area contributed by atoms with Crippen molar-refractivity contribution in [3.8, 4) is 0 Å². The lowest BCUT2D eigenvalue weighted by molar-refractivity contribution is -0.122. The Hall–Kier alpha value is -4.80. The van der Waals surface area contributed by atoms with Gasteiger partial charge in [0.15, 0.2) is 0 Å². The van der Waals surface area contributed by atoms with E-state index in [2.05, 4.69) is 57.2 Å². The Morgan fingerprint density at radius 1 is 0.513 bits per heavy atom. The molecule has 76 heavy (non-hydrogen) atoms. The number of anilines is 3. The fourth-order valence-corrected chi connectivity index (χ4v) is 15.1. The number of amides is 8. The Kier molecular flexibility index (Phi) is 22.1. The molecule has 23 heteroatoms. The molecular formula is C53H86N14O7S2. The highest BCUT2D eigenvalue weighted by Gasteiger charge is 2.44. The van der Waals surface area contributed by atoms with Crippen LogP contribution in [0.4, 0.5) is 22.6 Å². The molecule has 8 amide bonds. The number of urea groups is 1. The second-order valence-corrected chi connectivity index (χ2v) is 24.8. The maximum Gasteiger partial charge on any atom is 0.315 e. The first-order valence-corrected chi connectivity index (χ1v) is 31.0. The number of fused-ring (bicyclic) bond motifs is 2. The number of carbonyl (C=O) groups is 7. The van der Waals surface area contributed by atoms with Crippen LogP contribution in [-0.4, -0.2) is 167 Å². The van der Waals surface area contributed by atoms with E-state index in [0.29, 0.717) is 106 Å². The van der Waals surface area contributed by atoms with Crippen molar-refractivity contribution in [2.24, 2.45) is 5.92 Å². The van der Waals surface area contributed by atoms with Crippen LogP contribution in [-0.2, 0) is 28.8 Å². The average molecular weight is 1100 g/mol. The summed E-state index contributed by atoms with van der Waals surface area (Å²) in [5, 5.41) is 25.5. The molecule has 7 fully saturated rings. The van der Waals surface area contributed by atoms with E-state index < -0.39 is 0 Å². The van der Waals surface area contributed by atoms with Gasteiger partial charge in [0.25, 0.3) is 0 Å². The Morgan fingerprint density at radius 2 is 0.974 bits per heavy atom. The number of rotatable bonds is 28. The molecule has 7 aliphatic heterocycles. The average Bonchev–Trinajstić information content (AvgIpc) is 4.18. The molecule has 8 N–H and O–H groups in total. The van der Waals surface area contributed by atoms with Crippen LogP contribution in [0.1, 0.15) is 155 Å². The number of hydrogen-bond donors (Lipinski definition) is 8. The van der Waals surface area contributed by atoms with Crippen molar-refractivity contribution in [2.75, 3.05) is 78.6 Å². The number of nitrogens with zero attached hydrogens (tertiary/aromatic N) is 6. The van der Waals surface area contributed by atoms with Crippen LogP contribution in [0.5, 0.6) is 0 Å². The molecule has 7 aliphatic rings. The first-order chi connectivity index (χ1) is 36.9. The molecule has 8 heterocycles. The van der Waals surface area contributed by atoms with Gasteiger partial charge in [-0.05, 0) is 95.1 Å². The Labute approximate surface area is 457 Å². The molecule has 21 nitrogen and oxygen atoms in total. The number of carbonyl (C=O) groups excluding carboxylic acids is 7. The van der Waals surface area contributed by atoms with Crippen LogP contribution in [0, 0.1) is 5.92 Å². The molecule has 1 aromatic heterocycles. The number of hydrogen-bond acceptors (Lipinski definition) is 15. The molecule has 0 bridgehead atoms. The van der Waals surface area contributed by atoms with E-state index in [0.717, 1.165) is 140 Å². The molecule has 0 saturated carbocycles. The summed E-state index contributed by atoms with van der Waals surface area (Å²) in [6.45, 7) is 7.10. The van der Waals surface area contributed by atoms with Gasteiger partial charge >= 0.3 is 6.03 Å². The number of unbranched alkanes of at least 4 members (excludes halogenated alkanes) is 7. The SMILES string of the molecule is CC(=O)NC1CCN(c2nc(N3CCC(NC(=O)CCCCCCCNC(=O)CC[C@@H]4SCC5NC(=O)NC54)CC3)nc(N3CCC(NC(=O)CCCCCNC(=O)CCCCC4SCC5CC(=O)NC54)CC3)n2)CC1. The minimum Gasteiger partial charge on any atom is -0.356 e. The van der Waals surface area contributed by atoms with E-state index in [9.17, 15) is 33.6 Å². The molecule has 5 unspecified atom stereocenters. The van der Waals surface area contributed by atoms with Crippen molar-refractivity contribution in [3.05, 3.63) is 0 Å². The molecule has 8 rings (SSSR count). The van der Waals surface area contributed by atoms with Gasteiger partial charge in [0.05, 0.1) is 12.1 Å². The third-order valence-electron chi connectivity index (χ3n) is 16.3. The summed E-state index contributed by atoms with van der Waals surface area (Å²) in [5.41, 5.74) is 0. The molecular weight excluding hydrogens is 1010 g/mol. The highest BCUT2D eigenvalue weighted by atomic mass is 32.2. The maximum atomic E-state index is 13.0. The van der Waals surface area contributed by atoms with Gasteiger partial charge in [0, 0.05) is 132 Å². The zero-order chi connectivity index (χ0) is 53.2. The third-order valence-corrected chi connectivity index (χ3v) is 19.4. The topological polar surface area (TPSA) is 264 Å². The fraction of sp³-hybridized carbons (Fsp3) is 0.811. The quantitative estimate of drug-likeness (QED) is 0.0442. The first-order valence-electron chi connectivity index (χ1n) is 28.9. The molecule has 422 valence electrons. The molecule has 6 atom stereocenters. The van der Waals surface area contributed by atoms with Crippen molar-refractivity contribution in [2.45, 2.75) is 201 Å². The molecule has 0 aliphatic carbocycles. The standard InChI is InChI=1S/C53H86N14O7S2/c1-35(68)56-37-18-26-65(27-19-37)50-62-51(66-28-20-38(21-29-66)57-45(71)14-6-3-2-4-10-24-55-44(70)17-16-42-49-40(34-76-42)59-53(74)61-49)64-52(63-50)67-30-22-39(23-31-67)58-46(72)15-7-5-11-25-54-43(69)13-9-8-12-41-48-36(33-75-41)32-47(73)60-48/h36-42,48-49H,2-34H2,1H3,(H,54,69)(H,55,70)(H,56,68)(H,57,71)(H,58,72)(H,60,73)(H2,59,61,74)/t36?,40?,41?,42-,48?,49?/m0/s1. The van der Waals surface area contributed by atoms with E-state index in [1.165, 1.54) is 0 Å². The number of piperidine rings is 3. The zero-order valence-electron chi connectivity index (χ0n) is 44.9. The Bertz CT molecular complexity index is 2120. The van der Waals surface area contributed by atoms with Crippen LogP contribution in [0.25, 0.3) is 0 Å². The Morgan fingerprint density at radius 3 is 1.54 bits per heavy atom. The molecule has 1 aromatic rings. The summed E-state index contributed by atoms with van der Waals surface area (Å²) in [6, 6.07) is 0.788. The van der Waals surface area contributed by atoms with Gasteiger partial charge in [0.2, 0.25) is 53.3 Å². The summed E-state index contributed by atoms with van der Waals surface area (Å²) in [5.74, 6) is 4.80. The summed E-state index contributed by atoms with van der Waals surface area (Å²) < 4.78 is 0. The maximum absolute atomic E-state index is 13.0. The van der Waals surface area contributed by atoms with Crippen molar-refractivity contribution >= 4 is 82.8 Å². The van der Waals surface area contributed by atoms with Crippen molar-refractivity contribution in [1.82, 2.24) is 57.5 Å². The Balaban J connectivity index is 0.688. The normalized spacial score (nSPS) is 24.8. The highest BCUT2D eigenvalue weighted by molar-refractivity contribution is 8.00. The molecule has 0 aromatic carbocycles. The van der Waals surface area contributed by atoms with Gasteiger partial charge in [-0.2, -0.15) is 38.5 Å². The van der Waals surface area contributed by atoms with E-state index in [4.69, 9.17) is 15.0 Å². The molecule has 0 spiro atoms. The van der Waals surface area contributed by atoms with Crippen molar-refractivity contribution < 1.29 is 33.6 Å². The smallest absolute Gasteiger partial charge is 0.315 e. The minimum absolute atomic E-state index is 0.0199. The minimum atomic E-state index is -0.105. The van der Waals surface area contributed by atoms with E-state index in [-0.39, 0.29) is 76.9 Å². The van der Waals surface area contributed by atoms with Crippen LogP contribution < -0.4 is 57.2 Å². The number of thioether (sulfide) groups is 2. The second-order valence-electron chi connectivity index (χ2n) is 22.2. The van der Waals surface area contributed by atoms with Crippen LogP contribution in [0.2, 0.25) is 0 Å². The monoisotopic (exact) mass is 1090 g/mol. The van der Waals surface area contributed by atoms with Crippen molar-refractivity contribution in [3.63, 3.8) is 0 Å². The van der Waals surface area contributed by atoms with Crippen LogP contribution >= 0.6 is 23.5 Å². The number of aromatic nitrogens is 3. The predicted molar refractivity (Wildman–Crippen MR) is 297 cm³/mol. The van der Waals surface area contributed by atoms with Crippen molar-refractivity contribution in [1.29, 1.82) is 0 Å². The largest absolute Gasteiger partial charge is 0.356 e. The van der Waals surface area contributed by atoms with Gasteiger partial charge in [-0.25, -0.2) is 4.79 Å². The third kappa shape index (κ3) is 17.6. The molecule has 0 radical (unpaired) electrons. The van der Waals surface area contributed by atoms with Gasteiger partial charge in [-0.1, -0.05) is 32.1 Å². The van der Waals surface area contributed by atoms with E-state index in [1.54, 1.807) is 6.92 Å². The summed E-state index contributed by atoms with van der Waals surface area (Å²) in [7, 11) is 0. The van der Waals surface area contributed by atoms with Gasteiger partial charge in [0.1, 0.15) is 0 Å². The lowest BCUT2D eigenvalue weighted by Crippen LogP contribution is -2.47. The van der Waals surface area contributed by atoms with Gasteiger partial charge in [-0.3, -0.25) is 28.8 Å². The second kappa shape index (κ2) is 29.3. The van der Waals surface area contributed by atoms with Gasteiger partial charge < -0.3 is 57.2 Å².